The van der Waals surface area contributed by atoms with Crippen molar-refractivity contribution in [2.24, 2.45) is 5.84 Å². The normalized spacial score (nSPS) is 13.2. The molecule has 2 rings (SSSR count). The highest BCUT2D eigenvalue weighted by atomic mass is 79.9. The fraction of sp³-hybridized carbons (Fsp3) is 0.143. The molecule has 0 bridgehead atoms. The molecule has 1 unspecified atom stereocenters. The number of nitrogens with two attached hydrogens (primary N) is 1. The van der Waals surface area contributed by atoms with E-state index >= 15 is 0 Å². The molecule has 0 aliphatic rings. The van der Waals surface area contributed by atoms with E-state index in [1.807, 2.05) is 12.1 Å². The lowest BCUT2D eigenvalue weighted by Crippen LogP contribution is -2.29. The van der Waals surface area contributed by atoms with Crippen LogP contribution in [0.2, 0.25) is 0 Å². The van der Waals surface area contributed by atoms with Gasteiger partial charge < -0.3 is 0 Å². The number of rotatable bonds is 3. The number of hydrogen-bond donors (Lipinski definition) is 2. The molecule has 3 N–H and O–H groups in total. The fourth-order valence-electron chi connectivity index (χ4n) is 1.97. The van der Waals surface area contributed by atoms with E-state index in [2.05, 4.69) is 21.4 Å². The Morgan fingerprint density at radius 2 is 1.75 bits per heavy atom. The summed E-state index contributed by atoms with van der Waals surface area (Å²) >= 11 is 3.38. The first-order valence-corrected chi connectivity index (χ1v) is 6.60. The maximum Gasteiger partial charge on any atom is 0.416 e. The Morgan fingerprint density at radius 3 is 2.35 bits per heavy atom. The van der Waals surface area contributed by atoms with E-state index < -0.39 is 17.8 Å². The van der Waals surface area contributed by atoms with Gasteiger partial charge in [0, 0.05) is 4.47 Å². The lowest BCUT2D eigenvalue weighted by atomic mass is 9.97. The Balaban J connectivity index is 2.46. The second-order valence-electron chi connectivity index (χ2n) is 4.24. The molecule has 2 aromatic carbocycles. The highest BCUT2D eigenvalue weighted by Crippen LogP contribution is 2.33. The smallest absolute Gasteiger partial charge is 0.271 e. The lowest BCUT2D eigenvalue weighted by molar-refractivity contribution is -0.137. The van der Waals surface area contributed by atoms with Crippen LogP contribution in [0.4, 0.5) is 13.2 Å². The molecule has 6 heteroatoms. The van der Waals surface area contributed by atoms with Gasteiger partial charge in [0.15, 0.2) is 0 Å². The first-order valence-electron chi connectivity index (χ1n) is 5.81. The van der Waals surface area contributed by atoms with Crippen LogP contribution in [0, 0.1) is 0 Å². The van der Waals surface area contributed by atoms with E-state index in [1.54, 1.807) is 18.2 Å². The van der Waals surface area contributed by atoms with Crippen molar-refractivity contribution in [1.29, 1.82) is 0 Å². The first kappa shape index (κ1) is 15.0. The Labute approximate surface area is 122 Å². The fourth-order valence-corrected chi connectivity index (χ4v) is 2.48. The van der Waals surface area contributed by atoms with Gasteiger partial charge in [0.1, 0.15) is 0 Å². The minimum atomic E-state index is -4.37. The lowest BCUT2D eigenvalue weighted by Gasteiger charge is -2.19. The summed E-state index contributed by atoms with van der Waals surface area (Å²) in [7, 11) is 0. The van der Waals surface area contributed by atoms with Gasteiger partial charge in [-0.3, -0.25) is 5.84 Å². The van der Waals surface area contributed by atoms with Gasteiger partial charge in [-0.15, -0.1) is 0 Å². The number of benzene rings is 2. The molecule has 106 valence electrons. The number of hydrazine groups is 1. The third kappa shape index (κ3) is 3.20. The molecule has 0 spiro atoms. The Bertz CT molecular complexity index is 599. The largest absolute Gasteiger partial charge is 0.416 e. The van der Waals surface area contributed by atoms with Gasteiger partial charge in [-0.05, 0) is 29.3 Å². The maximum atomic E-state index is 12.8. The van der Waals surface area contributed by atoms with Gasteiger partial charge in [0.05, 0.1) is 11.6 Å². The second-order valence-corrected chi connectivity index (χ2v) is 5.10. The van der Waals surface area contributed by atoms with Crippen LogP contribution in [-0.4, -0.2) is 0 Å². The van der Waals surface area contributed by atoms with Crippen LogP contribution in [0.15, 0.2) is 53.0 Å². The van der Waals surface area contributed by atoms with Gasteiger partial charge in [-0.1, -0.05) is 46.3 Å². The van der Waals surface area contributed by atoms with Crippen molar-refractivity contribution in [3.8, 4) is 0 Å². The van der Waals surface area contributed by atoms with Crippen LogP contribution in [0.1, 0.15) is 22.7 Å². The molecule has 0 saturated heterocycles. The molecule has 0 heterocycles. The van der Waals surface area contributed by atoms with Crippen LogP contribution in [0.5, 0.6) is 0 Å². The van der Waals surface area contributed by atoms with Gasteiger partial charge in [-0.25, -0.2) is 5.43 Å². The second kappa shape index (κ2) is 5.95. The summed E-state index contributed by atoms with van der Waals surface area (Å²) in [5, 5.41) is 0. The van der Waals surface area contributed by atoms with E-state index in [1.165, 1.54) is 6.07 Å². The zero-order valence-electron chi connectivity index (χ0n) is 10.3. The quantitative estimate of drug-likeness (QED) is 0.651. The Kier molecular flexibility index (Phi) is 4.47. The molecule has 0 aromatic heterocycles. The van der Waals surface area contributed by atoms with Crippen molar-refractivity contribution in [1.82, 2.24) is 5.43 Å². The summed E-state index contributed by atoms with van der Waals surface area (Å²) in [4.78, 5) is 0. The molecule has 2 nitrogen and oxygen atoms in total. The molecule has 0 aliphatic heterocycles. The van der Waals surface area contributed by atoms with Gasteiger partial charge in [-0.2, -0.15) is 13.2 Å². The first-order chi connectivity index (χ1) is 9.43. The van der Waals surface area contributed by atoms with Gasteiger partial charge >= 0.3 is 6.18 Å². The van der Waals surface area contributed by atoms with Crippen LogP contribution in [0.3, 0.4) is 0 Å². The SMILES string of the molecule is NNC(c1cccc(C(F)(F)F)c1)c1ccccc1Br. The summed E-state index contributed by atoms with van der Waals surface area (Å²) in [5.41, 5.74) is 3.09. The highest BCUT2D eigenvalue weighted by molar-refractivity contribution is 9.10. The van der Waals surface area contributed by atoms with Gasteiger partial charge in [0.25, 0.3) is 0 Å². The van der Waals surface area contributed by atoms with Crippen molar-refractivity contribution >= 4 is 15.9 Å². The minimum absolute atomic E-state index is 0.453. The maximum absolute atomic E-state index is 12.8. The molecular formula is C14H12BrF3N2. The van der Waals surface area contributed by atoms with Crippen LogP contribution >= 0.6 is 15.9 Å². The predicted molar refractivity (Wildman–Crippen MR) is 74.8 cm³/mol. The molecule has 20 heavy (non-hydrogen) atoms. The van der Waals surface area contributed by atoms with E-state index in [-0.39, 0.29) is 0 Å². The molecule has 0 aliphatic carbocycles. The molecule has 0 fully saturated rings. The van der Waals surface area contributed by atoms with Crippen LogP contribution in [0.25, 0.3) is 0 Å². The van der Waals surface area contributed by atoms with Crippen molar-refractivity contribution in [2.75, 3.05) is 0 Å². The van der Waals surface area contributed by atoms with E-state index in [0.717, 1.165) is 22.2 Å². The van der Waals surface area contributed by atoms with E-state index in [9.17, 15) is 13.2 Å². The Hall–Kier alpha value is -1.37. The highest BCUT2D eigenvalue weighted by Gasteiger charge is 2.31. The summed E-state index contributed by atoms with van der Waals surface area (Å²) in [5.74, 6) is 5.51. The zero-order chi connectivity index (χ0) is 14.8. The summed E-state index contributed by atoms with van der Waals surface area (Å²) in [6, 6.07) is 11.8. The van der Waals surface area contributed by atoms with Crippen molar-refractivity contribution < 1.29 is 13.2 Å². The van der Waals surface area contributed by atoms with Crippen molar-refractivity contribution in [3.63, 3.8) is 0 Å². The number of hydrogen-bond acceptors (Lipinski definition) is 2. The average molecular weight is 345 g/mol. The molecule has 0 amide bonds. The zero-order valence-corrected chi connectivity index (χ0v) is 11.9. The summed E-state index contributed by atoms with van der Waals surface area (Å²) < 4.78 is 39.0. The number of halogens is 4. The molecule has 0 radical (unpaired) electrons. The third-order valence-corrected chi connectivity index (χ3v) is 3.65. The molecule has 0 saturated carbocycles. The molecule has 1 atom stereocenters. The third-order valence-electron chi connectivity index (χ3n) is 2.93. The Morgan fingerprint density at radius 1 is 1.05 bits per heavy atom. The summed E-state index contributed by atoms with van der Waals surface area (Å²) in [6.07, 6.45) is -4.37. The van der Waals surface area contributed by atoms with E-state index in [4.69, 9.17) is 5.84 Å². The minimum Gasteiger partial charge on any atom is -0.271 e. The molecule has 2 aromatic rings. The topological polar surface area (TPSA) is 38.0 Å². The predicted octanol–water partition coefficient (Wildman–Crippen LogP) is 4.02. The number of nitrogens with one attached hydrogen (secondary N) is 1. The standard InChI is InChI=1S/C14H12BrF3N2/c15-12-7-2-1-6-11(12)13(20-19)9-4-3-5-10(8-9)14(16,17)18/h1-8,13,20H,19H2. The van der Waals surface area contributed by atoms with Crippen LogP contribution in [-0.2, 0) is 6.18 Å². The van der Waals surface area contributed by atoms with Crippen molar-refractivity contribution in [2.45, 2.75) is 12.2 Å². The monoisotopic (exact) mass is 344 g/mol. The van der Waals surface area contributed by atoms with E-state index in [0.29, 0.717) is 5.56 Å². The average Bonchev–Trinajstić information content (AvgIpc) is 2.41. The summed E-state index contributed by atoms with van der Waals surface area (Å²) in [6.45, 7) is 0. The van der Waals surface area contributed by atoms with Gasteiger partial charge in [0.2, 0.25) is 0 Å². The number of alkyl halides is 3. The van der Waals surface area contributed by atoms with Crippen LogP contribution < -0.4 is 11.3 Å². The van der Waals surface area contributed by atoms with Crippen molar-refractivity contribution in [3.05, 3.63) is 69.7 Å². The molecular weight excluding hydrogens is 333 g/mol.